The van der Waals surface area contributed by atoms with Gasteiger partial charge in [-0.15, -0.1) is 0 Å². The number of halogens is 1. The molecule has 3 aromatic rings. The number of methoxy groups -OCH3 is 1. The Morgan fingerprint density at radius 1 is 0.938 bits per heavy atom. The molecule has 0 aliphatic carbocycles. The van der Waals surface area contributed by atoms with Crippen molar-refractivity contribution >= 4 is 40.2 Å². The van der Waals surface area contributed by atoms with Crippen LogP contribution in [0, 0.1) is 6.92 Å². The van der Waals surface area contributed by atoms with Gasteiger partial charge in [-0.2, -0.15) is 0 Å². The van der Waals surface area contributed by atoms with E-state index in [-0.39, 0.29) is 11.1 Å². The number of benzene rings is 3. The molecule has 1 aliphatic rings. The number of hydrogen-bond donors (Lipinski definition) is 0. The van der Waals surface area contributed by atoms with Gasteiger partial charge in [0, 0.05) is 5.02 Å². The third-order valence-corrected chi connectivity index (χ3v) is 6.46. The molecule has 4 rings (SSSR count). The average molecular weight is 468 g/mol. The Morgan fingerprint density at radius 3 is 2.31 bits per heavy atom. The van der Waals surface area contributed by atoms with Crippen molar-refractivity contribution in [3.63, 3.8) is 0 Å². The Labute approximate surface area is 196 Å². The molecule has 0 N–H and O–H groups in total. The van der Waals surface area contributed by atoms with Crippen LogP contribution in [-0.4, -0.2) is 23.5 Å². The van der Waals surface area contributed by atoms with Gasteiger partial charge in [-0.25, -0.2) is 4.90 Å². The number of amides is 2. The van der Waals surface area contributed by atoms with Gasteiger partial charge in [0.05, 0.1) is 18.0 Å². The molecule has 1 heterocycles. The number of rotatable bonds is 7. The first-order valence-electron chi connectivity index (χ1n) is 10.1. The van der Waals surface area contributed by atoms with E-state index >= 15 is 0 Å². The molecule has 0 bridgehead atoms. The number of anilines is 1. The first-order valence-corrected chi connectivity index (χ1v) is 11.4. The minimum Gasteiger partial charge on any atom is -0.493 e. The van der Waals surface area contributed by atoms with Crippen molar-refractivity contribution in [3.8, 4) is 11.5 Å². The van der Waals surface area contributed by atoms with Crippen LogP contribution in [0.25, 0.3) is 0 Å². The van der Waals surface area contributed by atoms with E-state index < -0.39 is 5.25 Å². The molecule has 164 valence electrons. The lowest BCUT2D eigenvalue weighted by Gasteiger charge is -2.15. The number of imide groups is 1. The Balaban J connectivity index is 1.45. The van der Waals surface area contributed by atoms with Crippen LogP contribution in [0.2, 0.25) is 5.02 Å². The van der Waals surface area contributed by atoms with E-state index in [2.05, 4.69) is 0 Å². The summed E-state index contributed by atoms with van der Waals surface area (Å²) in [6, 6.07) is 20.4. The average Bonchev–Trinajstić information content (AvgIpc) is 3.07. The first kappa shape index (κ1) is 22.2. The zero-order valence-corrected chi connectivity index (χ0v) is 19.3. The zero-order chi connectivity index (χ0) is 22.7. The van der Waals surface area contributed by atoms with Gasteiger partial charge in [0.1, 0.15) is 6.61 Å². The maximum atomic E-state index is 12.9. The van der Waals surface area contributed by atoms with Crippen molar-refractivity contribution in [1.29, 1.82) is 0 Å². The molecule has 1 saturated heterocycles. The van der Waals surface area contributed by atoms with Crippen molar-refractivity contribution in [2.75, 3.05) is 12.0 Å². The smallest absolute Gasteiger partial charge is 0.293 e. The van der Waals surface area contributed by atoms with Gasteiger partial charge in [0.2, 0.25) is 5.91 Å². The Morgan fingerprint density at radius 2 is 1.62 bits per heavy atom. The van der Waals surface area contributed by atoms with Crippen LogP contribution in [0.5, 0.6) is 11.5 Å². The minimum atomic E-state index is -0.498. The van der Waals surface area contributed by atoms with E-state index in [0.717, 1.165) is 22.9 Å². The summed E-state index contributed by atoms with van der Waals surface area (Å²) in [4.78, 5) is 26.6. The molecule has 5 nitrogen and oxygen atoms in total. The number of carbonyl (C=O) groups is 2. The second-order valence-corrected chi connectivity index (χ2v) is 9.08. The molecule has 1 atom stereocenters. The largest absolute Gasteiger partial charge is 0.493 e. The van der Waals surface area contributed by atoms with E-state index in [1.54, 1.807) is 31.4 Å². The third kappa shape index (κ3) is 4.92. The highest BCUT2D eigenvalue weighted by Gasteiger charge is 2.40. The number of ether oxygens (including phenoxy) is 2. The lowest BCUT2D eigenvalue weighted by atomic mass is 10.1. The lowest BCUT2D eigenvalue weighted by Crippen LogP contribution is -2.32. The summed E-state index contributed by atoms with van der Waals surface area (Å²) in [6.45, 7) is 2.47. The molecule has 32 heavy (non-hydrogen) atoms. The Bertz CT molecular complexity index is 1130. The molecule has 3 aromatic carbocycles. The second-order valence-electron chi connectivity index (χ2n) is 7.49. The standard InChI is InChI=1S/C25H22ClNO4S/c1-16-3-5-17(6-4-16)15-31-21-12-7-18(13-22(21)30-2)14-23-24(28)27(25(29)32-23)20-10-8-19(26)9-11-20/h3-13,23H,14-15H2,1-2H3/t23-/m1/s1. The molecule has 0 aromatic heterocycles. The summed E-state index contributed by atoms with van der Waals surface area (Å²) < 4.78 is 11.4. The fourth-order valence-corrected chi connectivity index (χ4v) is 4.58. The summed E-state index contributed by atoms with van der Waals surface area (Å²) in [6.07, 6.45) is 0.411. The van der Waals surface area contributed by atoms with Crippen LogP contribution in [0.4, 0.5) is 10.5 Å². The van der Waals surface area contributed by atoms with E-state index in [1.165, 1.54) is 10.5 Å². The van der Waals surface area contributed by atoms with Crippen molar-refractivity contribution in [2.24, 2.45) is 0 Å². The van der Waals surface area contributed by atoms with Crippen molar-refractivity contribution in [2.45, 2.75) is 25.2 Å². The van der Waals surface area contributed by atoms with Crippen LogP contribution in [0.1, 0.15) is 16.7 Å². The molecule has 0 radical (unpaired) electrons. The van der Waals surface area contributed by atoms with Gasteiger partial charge >= 0.3 is 0 Å². The third-order valence-electron chi connectivity index (χ3n) is 5.17. The van der Waals surface area contributed by atoms with Crippen molar-refractivity contribution < 1.29 is 19.1 Å². The first-order chi connectivity index (χ1) is 15.4. The van der Waals surface area contributed by atoms with Gasteiger partial charge in [0.15, 0.2) is 11.5 Å². The summed E-state index contributed by atoms with van der Waals surface area (Å²) in [7, 11) is 1.58. The van der Waals surface area contributed by atoms with Crippen molar-refractivity contribution in [1.82, 2.24) is 0 Å². The maximum absolute atomic E-state index is 12.9. The van der Waals surface area contributed by atoms with Crippen LogP contribution in [0.15, 0.2) is 66.7 Å². The van der Waals surface area contributed by atoms with E-state index in [4.69, 9.17) is 21.1 Å². The molecule has 0 saturated carbocycles. The predicted molar refractivity (Wildman–Crippen MR) is 128 cm³/mol. The van der Waals surface area contributed by atoms with Crippen LogP contribution in [0.3, 0.4) is 0 Å². The summed E-state index contributed by atoms with van der Waals surface area (Å²) in [5.41, 5.74) is 3.68. The minimum absolute atomic E-state index is 0.235. The molecule has 2 amide bonds. The van der Waals surface area contributed by atoms with Gasteiger partial charge in [-0.3, -0.25) is 9.59 Å². The van der Waals surface area contributed by atoms with Crippen LogP contribution < -0.4 is 14.4 Å². The summed E-state index contributed by atoms with van der Waals surface area (Å²) in [5.74, 6) is 0.980. The maximum Gasteiger partial charge on any atom is 0.293 e. The second kappa shape index (κ2) is 9.67. The molecular weight excluding hydrogens is 446 g/mol. The van der Waals surface area contributed by atoms with E-state index in [0.29, 0.717) is 35.2 Å². The quantitative estimate of drug-likeness (QED) is 0.423. The van der Waals surface area contributed by atoms with Crippen molar-refractivity contribution in [3.05, 3.63) is 88.4 Å². The normalized spacial score (nSPS) is 15.8. The topological polar surface area (TPSA) is 55.8 Å². The number of aryl methyl sites for hydroxylation is 1. The highest BCUT2D eigenvalue weighted by atomic mass is 35.5. The number of carbonyl (C=O) groups excluding carboxylic acids is 2. The number of hydrogen-bond acceptors (Lipinski definition) is 5. The number of nitrogens with zero attached hydrogens (tertiary/aromatic N) is 1. The molecule has 0 spiro atoms. The molecule has 1 fully saturated rings. The summed E-state index contributed by atoms with van der Waals surface area (Å²) in [5, 5.41) is -0.233. The molecule has 7 heteroatoms. The van der Waals surface area contributed by atoms with Gasteiger partial charge in [0.25, 0.3) is 5.24 Å². The predicted octanol–water partition coefficient (Wildman–Crippen LogP) is 6.05. The zero-order valence-electron chi connectivity index (χ0n) is 17.7. The van der Waals surface area contributed by atoms with E-state index in [9.17, 15) is 9.59 Å². The van der Waals surface area contributed by atoms with Gasteiger partial charge in [-0.05, 0) is 60.9 Å². The van der Waals surface area contributed by atoms with Gasteiger partial charge in [-0.1, -0.05) is 59.3 Å². The monoisotopic (exact) mass is 467 g/mol. The fourth-order valence-electron chi connectivity index (χ4n) is 3.43. The fraction of sp³-hybridized carbons (Fsp3) is 0.200. The Hall–Kier alpha value is -2.96. The van der Waals surface area contributed by atoms with Gasteiger partial charge < -0.3 is 9.47 Å². The molecular formula is C25H22ClNO4S. The Kier molecular flexibility index (Phi) is 6.72. The summed E-state index contributed by atoms with van der Waals surface area (Å²) >= 11 is 6.95. The number of thioether (sulfide) groups is 1. The van der Waals surface area contributed by atoms with Crippen LogP contribution >= 0.6 is 23.4 Å². The molecule has 1 aliphatic heterocycles. The lowest BCUT2D eigenvalue weighted by molar-refractivity contribution is -0.117. The highest BCUT2D eigenvalue weighted by Crippen LogP contribution is 2.36. The molecule has 0 unspecified atom stereocenters. The SMILES string of the molecule is COc1cc(C[C@H]2SC(=O)N(c3ccc(Cl)cc3)C2=O)ccc1OCc1ccc(C)cc1. The highest BCUT2D eigenvalue weighted by molar-refractivity contribution is 8.15. The van der Waals surface area contributed by atoms with E-state index in [1.807, 2.05) is 49.4 Å². The van der Waals surface area contributed by atoms with Crippen LogP contribution in [-0.2, 0) is 17.8 Å².